The zero-order valence-corrected chi connectivity index (χ0v) is 28.6. The van der Waals surface area contributed by atoms with E-state index < -0.39 is 90.0 Å². The summed E-state index contributed by atoms with van der Waals surface area (Å²) in [7, 11) is 0. The van der Waals surface area contributed by atoms with E-state index in [1.165, 1.54) is 18.2 Å². The number of fused-ring (bicyclic) bond motifs is 4. The Morgan fingerprint density at radius 2 is 1.88 bits per heavy atom. The van der Waals surface area contributed by atoms with E-state index in [9.17, 15) is 29.4 Å². The summed E-state index contributed by atoms with van der Waals surface area (Å²) in [6, 6.07) is 3.66. The van der Waals surface area contributed by atoms with Crippen molar-refractivity contribution in [1.29, 1.82) is 0 Å². The largest absolute Gasteiger partial charge is 0.499 e. The fourth-order valence-electron chi connectivity index (χ4n) is 6.95. The van der Waals surface area contributed by atoms with Gasteiger partial charge in [-0.15, -0.1) is 0 Å². The maximum absolute atomic E-state index is 14.5. The lowest BCUT2D eigenvalue weighted by Crippen LogP contribution is -2.71. The van der Waals surface area contributed by atoms with E-state index in [0.29, 0.717) is 0 Å². The molecule has 5 N–H and O–H groups in total. The highest BCUT2D eigenvalue weighted by atomic mass is 16.8. The minimum absolute atomic E-state index is 0.000778. The van der Waals surface area contributed by atoms with E-state index in [4.69, 9.17) is 33.6 Å². The van der Waals surface area contributed by atoms with Gasteiger partial charge in [0.05, 0.1) is 38.2 Å². The van der Waals surface area contributed by atoms with Gasteiger partial charge in [-0.05, 0) is 51.3 Å². The number of benzene rings is 1. The first-order chi connectivity index (χ1) is 23.8. The molecule has 9 atom stereocenters. The molecule has 0 aromatic heterocycles. The van der Waals surface area contributed by atoms with Crippen molar-refractivity contribution in [2.45, 2.75) is 108 Å². The number of aliphatic hydroxyl groups is 3. The molecule has 16 heteroatoms. The molecule has 0 spiro atoms. The van der Waals surface area contributed by atoms with Gasteiger partial charge in [-0.2, -0.15) is 5.06 Å². The van der Waals surface area contributed by atoms with Gasteiger partial charge in [0, 0.05) is 12.8 Å². The minimum atomic E-state index is -1.61. The zero-order chi connectivity index (χ0) is 36.2. The Kier molecular flexibility index (Phi) is 11.8. The number of carbonyl (C=O) groups excluding carboxylic acids is 4. The molecule has 4 fully saturated rings. The third-order valence-electron chi connectivity index (χ3n) is 9.16. The molecule has 3 heterocycles. The normalized spacial score (nSPS) is 29.1. The van der Waals surface area contributed by atoms with Crippen molar-refractivity contribution in [1.82, 2.24) is 15.7 Å². The fourth-order valence-corrected chi connectivity index (χ4v) is 6.95. The number of nitrogens with one attached hydrogen (secondary N) is 2. The molecule has 5 rings (SSSR count). The van der Waals surface area contributed by atoms with Crippen LogP contribution in [0.15, 0.2) is 30.5 Å². The van der Waals surface area contributed by atoms with E-state index in [0.717, 1.165) is 11.1 Å². The molecule has 3 aliphatic heterocycles. The summed E-state index contributed by atoms with van der Waals surface area (Å²) in [4.78, 5) is 60.5. The first kappa shape index (κ1) is 37.6. The molecule has 1 aromatic rings. The third-order valence-corrected chi connectivity index (χ3v) is 9.16. The van der Waals surface area contributed by atoms with Crippen molar-refractivity contribution in [3.05, 3.63) is 41.7 Å². The average molecular weight is 706 g/mol. The van der Waals surface area contributed by atoms with Crippen LogP contribution in [0.25, 0.3) is 6.08 Å². The van der Waals surface area contributed by atoms with E-state index in [1.54, 1.807) is 26.8 Å². The molecular weight excluding hydrogens is 658 g/mol. The van der Waals surface area contributed by atoms with Crippen molar-refractivity contribution in [2.24, 2.45) is 5.41 Å². The highest BCUT2D eigenvalue weighted by Crippen LogP contribution is 2.55. The zero-order valence-electron chi connectivity index (χ0n) is 28.6. The van der Waals surface area contributed by atoms with Crippen LogP contribution >= 0.6 is 0 Å². The summed E-state index contributed by atoms with van der Waals surface area (Å²) < 4.78 is 28.0. The Bertz CT molecular complexity index is 1430. The number of amides is 2. The number of hydrogen-bond acceptors (Lipinski definition) is 14. The second-order valence-electron chi connectivity index (χ2n) is 13.9. The number of carbonyl (C=O) groups is 4. The number of hydroxylamine groups is 2. The molecule has 3 saturated heterocycles. The number of esters is 2. The minimum Gasteiger partial charge on any atom is -0.499 e. The van der Waals surface area contributed by atoms with Crippen LogP contribution in [0.1, 0.15) is 58.1 Å². The third kappa shape index (κ3) is 7.96. The van der Waals surface area contributed by atoms with Gasteiger partial charge in [0.25, 0.3) is 0 Å². The van der Waals surface area contributed by atoms with E-state index in [2.05, 4.69) is 10.6 Å². The molecule has 1 aromatic carbocycles. The van der Waals surface area contributed by atoms with Crippen molar-refractivity contribution in [3.63, 3.8) is 0 Å². The van der Waals surface area contributed by atoms with Crippen LogP contribution in [-0.4, -0.2) is 125 Å². The molecule has 4 aliphatic rings. The maximum Gasteiger partial charge on any atom is 0.327 e. The van der Waals surface area contributed by atoms with E-state index in [-0.39, 0.29) is 45.8 Å². The molecule has 0 radical (unpaired) electrons. The standard InChI is InChI=1S/C34H47N3O13/c1-19(40)25(30(42)35-22(17-39)9-10-24(41)49-33(2,3)4)36-32(44)34-15-23-26-27(47-18-46-26)29(34)50-37(28(34)31(43)48-23)16-21-8-6-5-7-20(21)11-13-45-14-12-38/h5-8,11,13,19,22-23,25-29,38-40H,9-10,12,14-18H2,1-4H3,(H,35,42)(H,36,44)/t19-,22-,23+,25+,26-,27-,28-,29+,34-/m0/s1. The number of nitrogens with zero attached hydrogens (tertiary/aromatic N) is 1. The number of ether oxygens (including phenoxy) is 5. The van der Waals surface area contributed by atoms with Gasteiger partial charge in [-0.3, -0.25) is 24.0 Å². The SMILES string of the molecule is C[C@H](O)[C@@H](NC(=O)[C@@]12C[C@H]3OC(=O)[C@@H]1N(Cc1ccccc1C=COCCO)O[C@@H]2[C@H]1OCO[C@H]13)C(=O)N[C@H](CO)CCC(=O)OC(C)(C)C. The summed E-state index contributed by atoms with van der Waals surface area (Å²) in [5.74, 6) is -2.75. The first-order valence-electron chi connectivity index (χ1n) is 16.7. The van der Waals surface area contributed by atoms with E-state index in [1.807, 2.05) is 24.3 Å². The molecule has 2 amide bonds. The van der Waals surface area contributed by atoms with Crippen LogP contribution in [0, 0.1) is 5.41 Å². The van der Waals surface area contributed by atoms with Crippen LogP contribution < -0.4 is 10.6 Å². The fraction of sp³-hybridized carbons (Fsp3) is 0.647. The van der Waals surface area contributed by atoms with E-state index >= 15 is 0 Å². The Morgan fingerprint density at radius 3 is 2.58 bits per heavy atom. The number of rotatable bonds is 15. The quantitative estimate of drug-likeness (QED) is 0.0899. The van der Waals surface area contributed by atoms with Crippen molar-refractivity contribution in [2.75, 3.05) is 26.6 Å². The van der Waals surface area contributed by atoms with Gasteiger partial charge in [0.2, 0.25) is 11.8 Å². The predicted molar refractivity (Wildman–Crippen MR) is 172 cm³/mol. The van der Waals surface area contributed by atoms with Gasteiger partial charge in [-0.1, -0.05) is 24.3 Å². The lowest BCUT2D eigenvalue weighted by atomic mass is 9.62. The number of hydrogen-bond donors (Lipinski definition) is 5. The van der Waals surface area contributed by atoms with Crippen molar-refractivity contribution in [3.8, 4) is 0 Å². The highest BCUT2D eigenvalue weighted by molar-refractivity contribution is 5.96. The van der Waals surface area contributed by atoms with Crippen LogP contribution in [0.3, 0.4) is 0 Å². The molecule has 1 saturated carbocycles. The van der Waals surface area contributed by atoms with Crippen molar-refractivity contribution < 1.29 is 63.0 Å². The topological polar surface area (TPSA) is 212 Å². The maximum atomic E-state index is 14.5. The summed E-state index contributed by atoms with van der Waals surface area (Å²) in [5.41, 5.74) is -0.851. The van der Waals surface area contributed by atoms with Gasteiger partial charge in [0.15, 0.2) is 6.04 Å². The van der Waals surface area contributed by atoms with Crippen LogP contribution in [0.2, 0.25) is 0 Å². The first-order valence-corrected chi connectivity index (χ1v) is 16.7. The molecular formula is C34H47N3O13. The smallest absolute Gasteiger partial charge is 0.327 e. The lowest BCUT2D eigenvalue weighted by molar-refractivity contribution is -0.201. The second-order valence-corrected chi connectivity index (χ2v) is 13.9. The molecule has 276 valence electrons. The lowest BCUT2D eigenvalue weighted by Gasteiger charge is -2.49. The molecule has 0 unspecified atom stereocenters. The van der Waals surface area contributed by atoms with Crippen LogP contribution in [-0.2, 0) is 54.2 Å². The summed E-state index contributed by atoms with van der Waals surface area (Å²) in [6.07, 6.45) is -1.60. The molecule has 1 aliphatic carbocycles. The second kappa shape index (κ2) is 15.7. The molecule has 50 heavy (non-hydrogen) atoms. The van der Waals surface area contributed by atoms with Gasteiger partial charge >= 0.3 is 11.9 Å². The summed E-state index contributed by atoms with van der Waals surface area (Å²) in [5, 5.41) is 36.3. The Morgan fingerprint density at radius 1 is 1.14 bits per heavy atom. The Labute approximate surface area is 289 Å². The summed E-state index contributed by atoms with van der Waals surface area (Å²) in [6.45, 7) is 5.91. The molecule has 16 nitrogen and oxygen atoms in total. The van der Waals surface area contributed by atoms with Crippen LogP contribution in [0.5, 0.6) is 0 Å². The number of aliphatic hydroxyl groups excluding tert-OH is 3. The Balaban J connectivity index is 1.38. The van der Waals surface area contributed by atoms with Crippen molar-refractivity contribution >= 4 is 29.8 Å². The van der Waals surface area contributed by atoms with Gasteiger partial charge in [0.1, 0.15) is 54.9 Å². The summed E-state index contributed by atoms with van der Waals surface area (Å²) >= 11 is 0. The van der Waals surface area contributed by atoms with Crippen LogP contribution in [0.4, 0.5) is 0 Å². The van der Waals surface area contributed by atoms with Gasteiger partial charge in [-0.25, -0.2) is 0 Å². The predicted octanol–water partition coefficient (Wildman–Crippen LogP) is -0.328. The van der Waals surface area contributed by atoms with Gasteiger partial charge < -0.3 is 49.6 Å². The average Bonchev–Trinajstić information content (AvgIpc) is 3.68. The highest BCUT2D eigenvalue weighted by Gasteiger charge is 2.74. The molecule has 2 bridgehead atoms. The Hall–Kier alpha value is -3.64. The monoisotopic (exact) mass is 705 g/mol.